The van der Waals surface area contributed by atoms with Crippen LogP contribution in [0.15, 0.2) is 12.1 Å². The minimum Gasteiger partial charge on any atom is -0.489 e. The van der Waals surface area contributed by atoms with E-state index in [4.69, 9.17) is 21.1 Å². The van der Waals surface area contributed by atoms with Crippen molar-refractivity contribution in [3.63, 3.8) is 0 Å². The molecule has 1 fully saturated rings. The van der Waals surface area contributed by atoms with Crippen molar-refractivity contribution in [3.05, 3.63) is 22.7 Å². The molecule has 0 radical (unpaired) electrons. The summed E-state index contributed by atoms with van der Waals surface area (Å²) in [5.74, 6) is 2.43. The lowest BCUT2D eigenvalue weighted by Gasteiger charge is -2.18. The van der Waals surface area contributed by atoms with Crippen molar-refractivity contribution in [1.29, 1.82) is 0 Å². The molecule has 21 heavy (non-hydrogen) atoms. The monoisotopic (exact) mass is 309 g/mol. The van der Waals surface area contributed by atoms with Crippen LogP contribution >= 0.6 is 11.6 Å². The summed E-state index contributed by atoms with van der Waals surface area (Å²) in [6.07, 6.45) is 6.20. The smallest absolute Gasteiger partial charge is 0.179 e. The molecule has 1 unspecified atom stereocenters. The molecule has 0 amide bonds. The quantitative estimate of drug-likeness (QED) is 0.855. The van der Waals surface area contributed by atoms with Gasteiger partial charge in [-0.1, -0.05) is 31.4 Å². The SMILES string of the molecule is CCC(CC1CC1)NCc1cc(Cl)c2c(c1)OCCCO2. The molecule has 4 heteroatoms. The van der Waals surface area contributed by atoms with Gasteiger partial charge < -0.3 is 14.8 Å². The Morgan fingerprint density at radius 3 is 2.86 bits per heavy atom. The third-order valence-electron chi connectivity index (χ3n) is 4.26. The molecule has 1 heterocycles. The standard InChI is InChI=1S/C17H24ClNO2/c1-2-14(8-12-4-5-12)19-11-13-9-15(18)17-16(10-13)20-6-3-7-21-17/h9-10,12,14,19H,2-8,11H2,1H3. The molecule has 0 saturated heterocycles. The highest BCUT2D eigenvalue weighted by atomic mass is 35.5. The van der Waals surface area contributed by atoms with Gasteiger partial charge in [-0.2, -0.15) is 0 Å². The maximum Gasteiger partial charge on any atom is 0.179 e. The molecule has 1 aliphatic heterocycles. The summed E-state index contributed by atoms with van der Waals surface area (Å²) >= 11 is 6.33. The summed E-state index contributed by atoms with van der Waals surface area (Å²) in [6.45, 7) is 4.45. The van der Waals surface area contributed by atoms with Crippen molar-refractivity contribution in [3.8, 4) is 11.5 Å². The van der Waals surface area contributed by atoms with Crippen LogP contribution in [0.1, 0.15) is 44.6 Å². The molecule has 2 aliphatic rings. The van der Waals surface area contributed by atoms with E-state index in [0.29, 0.717) is 30.0 Å². The molecule has 1 N–H and O–H groups in total. The predicted octanol–water partition coefficient (Wildman–Crippen LogP) is 4.17. The Morgan fingerprint density at radius 2 is 2.10 bits per heavy atom. The fraction of sp³-hybridized carbons (Fsp3) is 0.647. The van der Waals surface area contributed by atoms with Gasteiger partial charge in [0.15, 0.2) is 11.5 Å². The van der Waals surface area contributed by atoms with Crippen LogP contribution in [0.3, 0.4) is 0 Å². The van der Waals surface area contributed by atoms with Crippen molar-refractivity contribution < 1.29 is 9.47 Å². The van der Waals surface area contributed by atoms with Gasteiger partial charge in [0.1, 0.15) is 0 Å². The van der Waals surface area contributed by atoms with Crippen LogP contribution in [0.25, 0.3) is 0 Å². The van der Waals surface area contributed by atoms with Crippen LogP contribution < -0.4 is 14.8 Å². The fourth-order valence-electron chi connectivity index (χ4n) is 2.80. The van der Waals surface area contributed by atoms with E-state index in [2.05, 4.69) is 18.3 Å². The molecule has 1 aromatic rings. The molecule has 116 valence electrons. The van der Waals surface area contributed by atoms with Crippen molar-refractivity contribution in [2.45, 2.75) is 51.6 Å². The van der Waals surface area contributed by atoms with Gasteiger partial charge in [0.05, 0.1) is 18.2 Å². The van der Waals surface area contributed by atoms with Crippen LogP contribution in [-0.4, -0.2) is 19.3 Å². The molecule has 1 atom stereocenters. The van der Waals surface area contributed by atoms with Gasteiger partial charge in [-0.15, -0.1) is 0 Å². The summed E-state index contributed by atoms with van der Waals surface area (Å²) in [6, 6.07) is 4.65. The molecule has 1 aliphatic carbocycles. The fourth-order valence-corrected chi connectivity index (χ4v) is 3.09. The van der Waals surface area contributed by atoms with E-state index in [9.17, 15) is 0 Å². The first-order valence-corrected chi connectivity index (χ1v) is 8.45. The maximum atomic E-state index is 6.33. The maximum absolute atomic E-state index is 6.33. The lowest BCUT2D eigenvalue weighted by molar-refractivity contribution is 0.297. The number of halogens is 1. The molecule has 0 spiro atoms. The first-order valence-electron chi connectivity index (χ1n) is 8.07. The Hall–Kier alpha value is -0.930. The molecule has 1 aromatic carbocycles. The van der Waals surface area contributed by atoms with E-state index < -0.39 is 0 Å². The highest BCUT2D eigenvalue weighted by Crippen LogP contribution is 2.38. The Bertz CT molecular complexity index is 488. The Labute approximate surface area is 132 Å². The normalized spacial score (nSPS) is 19.1. The van der Waals surface area contributed by atoms with Crippen LogP contribution in [0.2, 0.25) is 5.02 Å². The zero-order valence-electron chi connectivity index (χ0n) is 12.7. The molecule has 0 bridgehead atoms. The lowest BCUT2D eigenvalue weighted by Crippen LogP contribution is -2.28. The third-order valence-corrected chi connectivity index (χ3v) is 4.55. The van der Waals surface area contributed by atoms with E-state index in [0.717, 1.165) is 24.6 Å². The zero-order chi connectivity index (χ0) is 14.7. The van der Waals surface area contributed by atoms with E-state index in [-0.39, 0.29) is 0 Å². The molecule has 3 nitrogen and oxygen atoms in total. The van der Waals surface area contributed by atoms with E-state index >= 15 is 0 Å². The number of benzene rings is 1. The van der Waals surface area contributed by atoms with Gasteiger partial charge >= 0.3 is 0 Å². The molecule has 1 saturated carbocycles. The minimum atomic E-state index is 0.604. The highest BCUT2D eigenvalue weighted by molar-refractivity contribution is 6.32. The second-order valence-electron chi connectivity index (χ2n) is 6.12. The number of fused-ring (bicyclic) bond motifs is 1. The van der Waals surface area contributed by atoms with E-state index in [1.807, 2.05) is 6.07 Å². The van der Waals surface area contributed by atoms with Crippen molar-refractivity contribution in [2.75, 3.05) is 13.2 Å². The van der Waals surface area contributed by atoms with Gasteiger partial charge in [-0.3, -0.25) is 0 Å². The minimum absolute atomic E-state index is 0.604. The number of hydrogen-bond donors (Lipinski definition) is 1. The van der Waals surface area contributed by atoms with E-state index in [1.165, 1.54) is 31.2 Å². The third kappa shape index (κ3) is 4.04. The molecule has 0 aromatic heterocycles. The molecular formula is C17H24ClNO2. The Kier molecular flexibility index (Phi) is 4.91. The van der Waals surface area contributed by atoms with Crippen molar-refractivity contribution in [1.82, 2.24) is 5.32 Å². The van der Waals surface area contributed by atoms with E-state index in [1.54, 1.807) is 0 Å². The van der Waals surface area contributed by atoms with Crippen LogP contribution in [0, 0.1) is 5.92 Å². The second-order valence-corrected chi connectivity index (χ2v) is 6.53. The summed E-state index contributed by atoms with van der Waals surface area (Å²) in [5.41, 5.74) is 1.17. The topological polar surface area (TPSA) is 30.5 Å². The predicted molar refractivity (Wildman–Crippen MR) is 85.3 cm³/mol. The van der Waals surface area contributed by atoms with Gasteiger partial charge in [-0.05, 0) is 36.5 Å². The largest absolute Gasteiger partial charge is 0.489 e. The van der Waals surface area contributed by atoms with Crippen LogP contribution in [-0.2, 0) is 6.54 Å². The number of hydrogen-bond acceptors (Lipinski definition) is 3. The van der Waals surface area contributed by atoms with Crippen molar-refractivity contribution in [2.24, 2.45) is 5.92 Å². The Balaban J connectivity index is 1.64. The first kappa shape index (κ1) is 15.0. The highest BCUT2D eigenvalue weighted by Gasteiger charge is 2.24. The number of rotatable bonds is 6. The summed E-state index contributed by atoms with van der Waals surface area (Å²) in [4.78, 5) is 0. The molecule has 3 rings (SSSR count). The summed E-state index contributed by atoms with van der Waals surface area (Å²) in [7, 11) is 0. The van der Waals surface area contributed by atoms with Gasteiger partial charge in [-0.25, -0.2) is 0 Å². The lowest BCUT2D eigenvalue weighted by atomic mass is 10.1. The van der Waals surface area contributed by atoms with Gasteiger partial charge in [0, 0.05) is 19.0 Å². The van der Waals surface area contributed by atoms with Crippen molar-refractivity contribution >= 4 is 11.6 Å². The van der Waals surface area contributed by atoms with Gasteiger partial charge in [0.2, 0.25) is 0 Å². The Morgan fingerprint density at radius 1 is 1.29 bits per heavy atom. The molecular weight excluding hydrogens is 286 g/mol. The average molecular weight is 310 g/mol. The van der Waals surface area contributed by atoms with Gasteiger partial charge in [0.25, 0.3) is 0 Å². The van der Waals surface area contributed by atoms with Crippen LogP contribution in [0.4, 0.5) is 0 Å². The zero-order valence-corrected chi connectivity index (χ0v) is 13.4. The van der Waals surface area contributed by atoms with Crippen LogP contribution in [0.5, 0.6) is 11.5 Å². The average Bonchev–Trinajstić information content (AvgIpc) is 3.30. The second kappa shape index (κ2) is 6.89. The summed E-state index contributed by atoms with van der Waals surface area (Å²) in [5, 5.41) is 4.31. The first-order chi connectivity index (χ1) is 10.3. The number of ether oxygens (including phenoxy) is 2. The summed E-state index contributed by atoms with van der Waals surface area (Å²) < 4.78 is 11.4. The number of nitrogens with one attached hydrogen (secondary N) is 1.